The lowest BCUT2D eigenvalue weighted by atomic mass is 9.78. The summed E-state index contributed by atoms with van der Waals surface area (Å²) in [7, 11) is -2.03. The highest BCUT2D eigenvalue weighted by molar-refractivity contribution is 6.58. The summed E-state index contributed by atoms with van der Waals surface area (Å²) in [6.07, 6.45) is -4.62. The molecule has 0 unspecified atom stereocenters. The van der Waals surface area contributed by atoms with E-state index in [0.29, 0.717) is 0 Å². The topological polar surface area (TPSA) is 70.7 Å². The molecule has 1 rings (SSSR count). The van der Waals surface area contributed by atoms with Crippen molar-refractivity contribution < 1.29 is 27.6 Å². The highest BCUT2D eigenvalue weighted by atomic mass is 19.4. The highest BCUT2D eigenvalue weighted by Crippen LogP contribution is 2.39. The van der Waals surface area contributed by atoms with Crippen LogP contribution in [0.1, 0.15) is 19.6 Å². The Morgan fingerprint density at radius 2 is 1.76 bits per heavy atom. The van der Waals surface area contributed by atoms with Crippen LogP contribution in [0.25, 0.3) is 0 Å². The summed E-state index contributed by atoms with van der Waals surface area (Å²) in [5.74, 6) is -0.666. The zero-order valence-corrected chi connectivity index (χ0v) is 9.08. The predicted octanol–water partition coefficient (Wildman–Crippen LogP) is 0.160. The molecule has 2 N–H and O–H groups in total. The molecule has 0 bridgehead atoms. The third-order valence-electron chi connectivity index (χ3n) is 2.42. The molecule has 0 aliphatic rings. The highest BCUT2D eigenvalue weighted by Gasteiger charge is 2.50. The first kappa shape index (κ1) is 13.8. The van der Waals surface area contributed by atoms with Gasteiger partial charge in [0.15, 0.2) is 0 Å². The van der Waals surface area contributed by atoms with Gasteiger partial charge in [-0.1, -0.05) is 0 Å². The lowest BCUT2D eigenvalue weighted by molar-refractivity contribution is -0.185. The molecule has 0 atom stereocenters. The van der Waals surface area contributed by atoms with Gasteiger partial charge in [0.1, 0.15) is 11.2 Å². The molecule has 0 fully saturated rings. The monoisotopic (exact) mass is 250 g/mol. The van der Waals surface area contributed by atoms with Crippen molar-refractivity contribution in [2.24, 2.45) is 0 Å². The summed E-state index contributed by atoms with van der Waals surface area (Å²) in [5.41, 5.74) is -3.80. The quantitative estimate of drug-likeness (QED) is 0.733. The standard InChI is InChI=1S/C9H10BF3O4/c1-8(2,9(11,12)13)6-3-5(10(15)16)4-7(14)17-6/h3-4,15-16H,1-2H3. The number of hydrogen-bond acceptors (Lipinski definition) is 4. The zero-order chi connectivity index (χ0) is 13.4. The van der Waals surface area contributed by atoms with E-state index in [-0.39, 0.29) is 5.46 Å². The van der Waals surface area contributed by atoms with Crippen molar-refractivity contribution in [2.45, 2.75) is 25.4 Å². The van der Waals surface area contributed by atoms with E-state index in [1.165, 1.54) is 0 Å². The number of alkyl halides is 3. The molecule has 0 saturated heterocycles. The molecule has 1 aromatic rings. The minimum absolute atomic E-state index is 0.339. The van der Waals surface area contributed by atoms with Gasteiger partial charge in [-0.3, -0.25) is 0 Å². The molecule has 94 valence electrons. The fourth-order valence-electron chi connectivity index (χ4n) is 1.09. The van der Waals surface area contributed by atoms with Crippen LogP contribution in [-0.2, 0) is 5.41 Å². The minimum atomic E-state index is -4.62. The lowest BCUT2D eigenvalue weighted by Crippen LogP contribution is -2.40. The molecule has 17 heavy (non-hydrogen) atoms. The maximum atomic E-state index is 12.7. The Bertz CT molecular complexity index is 464. The molecular formula is C9H10BF3O4. The average molecular weight is 250 g/mol. The van der Waals surface area contributed by atoms with Crippen LogP contribution in [0.4, 0.5) is 13.2 Å². The molecule has 1 heterocycles. The summed E-state index contributed by atoms with van der Waals surface area (Å²) in [6.45, 7) is 1.66. The molecule has 0 aliphatic carbocycles. The van der Waals surface area contributed by atoms with Crippen LogP contribution < -0.4 is 11.1 Å². The maximum absolute atomic E-state index is 12.7. The van der Waals surface area contributed by atoms with E-state index >= 15 is 0 Å². The van der Waals surface area contributed by atoms with E-state index in [0.717, 1.165) is 26.0 Å². The molecule has 0 aliphatic heterocycles. The molecular weight excluding hydrogens is 240 g/mol. The summed E-state index contributed by atoms with van der Waals surface area (Å²) in [4.78, 5) is 11.0. The Hall–Kier alpha value is -1.28. The van der Waals surface area contributed by atoms with Crippen LogP contribution in [-0.4, -0.2) is 23.3 Å². The Balaban J connectivity index is 3.37. The lowest BCUT2D eigenvalue weighted by Gasteiger charge is -2.26. The smallest absolute Gasteiger partial charge is 0.427 e. The fraction of sp³-hybridized carbons (Fsp3) is 0.444. The summed E-state index contributed by atoms with van der Waals surface area (Å²) in [6, 6.07) is 1.53. The van der Waals surface area contributed by atoms with Crippen molar-refractivity contribution in [3.63, 3.8) is 0 Å². The second-order valence-corrected chi connectivity index (χ2v) is 4.07. The van der Waals surface area contributed by atoms with Crippen LogP contribution in [0, 0.1) is 0 Å². The third kappa shape index (κ3) is 2.70. The predicted molar refractivity (Wildman–Crippen MR) is 53.9 cm³/mol. The van der Waals surface area contributed by atoms with Gasteiger partial charge >= 0.3 is 18.9 Å². The van der Waals surface area contributed by atoms with Gasteiger partial charge in [0.05, 0.1) is 0 Å². The van der Waals surface area contributed by atoms with E-state index in [1.54, 1.807) is 0 Å². The van der Waals surface area contributed by atoms with Crippen LogP contribution in [0.15, 0.2) is 21.3 Å². The summed E-state index contributed by atoms with van der Waals surface area (Å²) < 4.78 is 42.6. The fourth-order valence-corrected chi connectivity index (χ4v) is 1.09. The Labute approximate surface area is 94.8 Å². The Kier molecular flexibility index (Phi) is 3.40. The number of rotatable bonds is 2. The van der Waals surface area contributed by atoms with Crippen molar-refractivity contribution >= 4 is 12.6 Å². The Morgan fingerprint density at radius 3 is 2.18 bits per heavy atom. The SMILES string of the molecule is CC(C)(c1cc(B(O)O)cc(=O)o1)C(F)(F)F. The van der Waals surface area contributed by atoms with E-state index < -0.39 is 30.1 Å². The first-order valence-electron chi connectivity index (χ1n) is 4.64. The van der Waals surface area contributed by atoms with Gasteiger partial charge in [-0.2, -0.15) is 13.2 Å². The van der Waals surface area contributed by atoms with E-state index in [2.05, 4.69) is 4.42 Å². The van der Waals surface area contributed by atoms with Gasteiger partial charge < -0.3 is 14.5 Å². The first-order valence-corrected chi connectivity index (χ1v) is 4.64. The molecule has 8 heteroatoms. The third-order valence-corrected chi connectivity index (χ3v) is 2.42. The van der Waals surface area contributed by atoms with Gasteiger partial charge in [0.2, 0.25) is 0 Å². The van der Waals surface area contributed by atoms with Gasteiger partial charge in [0, 0.05) is 6.07 Å². The van der Waals surface area contributed by atoms with Crippen molar-refractivity contribution in [3.8, 4) is 0 Å². The van der Waals surface area contributed by atoms with Crippen LogP contribution in [0.3, 0.4) is 0 Å². The molecule has 4 nitrogen and oxygen atoms in total. The van der Waals surface area contributed by atoms with Crippen LogP contribution in [0.5, 0.6) is 0 Å². The molecule has 0 aromatic carbocycles. The molecule has 0 saturated carbocycles. The van der Waals surface area contributed by atoms with Gasteiger partial charge in [-0.05, 0) is 25.4 Å². The second-order valence-electron chi connectivity index (χ2n) is 4.07. The van der Waals surface area contributed by atoms with Crippen molar-refractivity contribution in [3.05, 3.63) is 28.3 Å². The number of hydrogen-bond donors (Lipinski definition) is 2. The van der Waals surface area contributed by atoms with Gasteiger partial charge in [-0.25, -0.2) is 4.79 Å². The van der Waals surface area contributed by atoms with E-state index in [1.807, 2.05) is 0 Å². The Morgan fingerprint density at radius 1 is 1.24 bits per heavy atom. The van der Waals surface area contributed by atoms with Crippen molar-refractivity contribution in [1.82, 2.24) is 0 Å². The van der Waals surface area contributed by atoms with E-state index in [9.17, 15) is 18.0 Å². The first-order chi connectivity index (χ1) is 7.55. The van der Waals surface area contributed by atoms with Crippen molar-refractivity contribution in [2.75, 3.05) is 0 Å². The summed E-state index contributed by atoms with van der Waals surface area (Å²) in [5, 5.41) is 17.7. The van der Waals surface area contributed by atoms with Gasteiger partial charge in [-0.15, -0.1) is 0 Å². The van der Waals surface area contributed by atoms with Crippen LogP contribution >= 0.6 is 0 Å². The average Bonchev–Trinajstić information content (AvgIpc) is 2.14. The normalized spacial score (nSPS) is 12.6. The number of halogens is 3. The molecule has 0 spiro atoms. The molecule has 1 aromatic heterocycles. The zero-order valence-electron chi connectivity index (χ0n) is 9.08. The molecule has 0 amide bonds. The maximum Gasteiger partial charge on any atom is 0.488 e. The largest absolute Gasteiger partial charge is 0.488 e. The van der Waals surface area contributed by atoms with E-state index in [4.69, 9.17) is 10.0 Å². The summed E-state index contributed by atoms with van der Waals surface area (Å²) >= 11 is 0. The molecule has 0 radical (unpaired) electrons. The van der Waals surface area contributed by atoms with Gasteiger partial charge in [0.25, 0.3) is 0 Å². The second kappa shape index (κ2) is 4.19. The van der Waals surface area contributed by atoms with Crippen LogP contribution in [0.2, 0.25) is 0 Å². The minimum Gasteiger partial charge on any atom is -0.427 e. The van der Waals surface area contributed by atoms with Crippen molar-refractivity contribution in [1.29, 1.82) is 0 Å².